The van der Waals surface area contributed by atoms with Crippen molar-refractivity contribution in [3.8, 4) is 11.5 Å². The Kier molecular flexibility index (Phi) is 8.29. The standard InChI is InChI=1S/C20H22F3NO7/c1-28-16-11-13(4-6-17(25)29-2)3-5-15(16)31-18(26)14-7-9-24(10-8-14)19(27)30-12-20(21,22)23/h3-6,11,14H,7-10,12H2,1-2H3/b6-4+. The second kappa shape index (κ2) is 10.7. The molecule has 0 unspecified atom stereocenters. The molecule has 1 amide bonds. The number of carbonyl (C=O) groups excluding carboxylic acids is 3. The molecule has 170 valence electrons. The molecule has 0 aliphatic carbocycles. The monoisotopic (exact) mass is 445 g/mol. The molecule has 1 aliphatic rings. The molecular formula is C20H22F3NO7. The summed E-state index contributed by atoms with van der Waals surface area (Å²) >= 11 is 0. The van der Waals surface area contributed by atoms with E-state index in [1.807, 2.05) is 0 Å². The van der Waals surface area contributed by atoms with Crippen LogP contribution in [0.4, 0.5) is 18.0 Å². The molecule has 11 heteroatoms. The van der Waals surface area contributed by atoms with Crippen LogP contribution in [0.2, 0.25) is 0 Å². The SMILES string of the molecule is COC(=O)/C=C/c1ccc(OC(=O)C2CCN(C(=O)OCC(F)(F)F)CC2)c(OC)c1. The third-order valence-corrected chi connectivity index (χ3v) is 4.46. The molecule has 1 fully saturated rings. The molecule has 0 saturated carbocycles. The molecule has 0 atom stereocenters. The van der Waals surface area contributed by atoms with E-state index in [-0.39, 0.29) is 37.4 Å². The molecule has 0 bridgehead atoms. The van der Waals surface area contributed by atoms with Gasteiger partial charge in [0.2, 0.25) is 0 Å². The fraction of sp³-hybridized carbons (Fsp3) is 0.450. The third kappa shape index (κ3) is 7.50. The van der Waals surface area contributed by atoms with E-state index in [4.69, 9.17) is 9.47 Å². The van der Waals surface area contributed by atoms with Gasteiger partial charge in [0.15, 0.2) is 18.1 Å². The van der Waals surface area contributed by atoms with Crippen molar-refractivity contribution in [3.63, 3.8) is 0 Å². The zero-order valence-corrected chi connectivity index (χ0v) is 16.9. The summed E-state index contributed by atoms with van der Waals surface area (Å²) in [5, 5.41) is 0. The fourth-order valence-electron chi connectivity index (χ4n) is 2.83. The summed E-state index contributed by atoms with van der Waals surface area (Å²) < 4.78 is 55.8. The number of alkyl halides is 3. The number of piperidine rings is 1. The van der Waals surface area contributed by atoms with Gasteiger partial charge in [-0.1, -0.05) is 6.07 Å². The van der Waals surface area contributed by atoms with Gasteiger partial charge in [-0.15, -0.1) is 0 Å². The highest BCUT2D eigenvalue weighted by atomic mass is 19.4. The van der Waals surface area contributed by atoms with Gasteiger partial charge in [-0.3, -0.25) is 4.79 Å². The number of hydrogen-bond donors (Lipinski definition) is 0. The van der Waals surface area contributed by atoms with Crippen molar-refractivity contribution in [3.05, 3.63) is 29.8 Å². The number of esters is 2. The molecule has 1 aromatic carbocycles. The number of nitrogens with zero attached hydrogens (tertiary/aromatic N) is 1. The van der Waals surface area contributed by atoms with Crippen LogP contribution in [0.5, 0.6) is 11.5 Å². The van der Waals surface area contributed by atoms with E-state index in [2.05, 4.69) is 9.47 Å². The first-order chi connectivity index (χ1) is 14.6. The van der Waals surface area contributed by atoms with E-state index < -0.39 is 36.7 Å². The zero-order valence-electron chi connectivity index (χ0n) is 16.9. The van der Waals surface area contributed by atoms with Crippen molar-refractivity contribution in [2.24, 2.45) is 5.92 Å². The summed E-state index contributed by atoms with van der Waals surface area (Å²) in [7, 11) is 2.65. The molecule has 0 N–H and O–H groups in total. The van der Waals surface area contributed by atoms with Gasteiger partial charge in [0, 0.05) is 19.2 Å². The number of hydrogen-bond acceptors (Lipinski definition) is 7. The maximum Gasteiger partial charge on any atom is 0.422 e. The van der Waals surface area contributed by atoms with E-state index >= 15 is 0 Å². The number of likely N-dealkylation sites (tertiary alicyclic amines) is 1. The summed E-state index contributed by atoms with van der Waals surface area (Å²) in [6.07, 6.45) is -2.48. The maximum atomic E-state index is 12.5. The number of ether oxygens (including phenoxy) is 4. The minimum absolute atomic E-state index is 0.0743. The van der Waals surface area contributed by atoms with Gasteiger partial charge in [-0.25, -0.2) is 9.59 Å². The van der Waals surface area contributed by atoms with E-state index in [1.165, 1.54) is 32.4 Å². The minimum Gasteiger partial charge on any atom is -0.493 e. The van der Waals surface area contributed by atoms with Gasteiger partial charge >= 0.3 is 24.2 Å². The summed E-state index contributed by atoms with van der Waals surface area (Å²) in [6, 6.07) is 4.70. The number of rotatable bonds is 6. The van der Waals surface area contributed by atoms with Gasteiger partial charge < -0.3 is 23.8 Å². The van der Waals surface area contributed by atoms with Crippen LogP contribution < -0.4 is 9.47 Å². The smallest absolute Gasteiger partial charge is 0.422 e. The highest BCUT2D eigenvalue weighted by molar-refractivity contribution is 5.87. The van der Waals surface area contributed by atoms with Crippen molar-refractivity contribution in [2.45, 2.75) is 19.0 Å². The first-order valence-corrected chi connectivity index (χ1v) is 9.27. The van der Waals surface area contributed by atoms with Gasteiger partial charge in [-0.2, -0.15) is 13.2 Å². The highest BCUT2D eigenvalue weighted by Gasteiger charge is 2.33. The Bertz CT molecular complexity index is 831. The summed E-state index contributed by atoms with van der Waals surface area (Å²) in [5.41, 5.74) is 0.618. The fourth-order valence-corrected chi connectivity index (χ4v) is 2.83. The molecule has 8 nitrogen and oxygen atoms in total. The van der Waals surface area contributed by atoms with E-state index in [1.54, 1.807) is 12.1 Å². The van der Waals surface area contributed by atoms with Crippen LogP contribution in [-0.2, 0) is 19.1 Å². The van der Waals surface area contributed by atoms with Crippen LogP contribution in [0.1, 0.15) is 18.4 Å². The zero-order chi connectivity index (χ0) is 23.0. The maximum absolute atomic E-state index is 12.5. The second-order valence-electron chi connectivity index (χ2n) is 6.62. The van der Waals surface area contributed by atoms with Crippen LogP contribution in [0, 0.1) is 5.92 Å². The number of amides is 1. The first-order valence-electron chi connectivity index (χ1n) is 9.27. The summed E-state index contributed by atoms with van der Waals surface area (Å²) in [4.78, 5) is 36.5. The van der Waals surface area contributed by atoms with Crippen molar-refractivity contribution in [2.75, 3.05) is 33.9 Å². The Morgan fingerprint density at radius 2 is 1.81 bits per heavy atom. The summed E-state index contributed by atoms with van der Waals surface area (Å²) in [6.45, 7) is -1.51. The van der Waals surface area contributed by atoms with Gasteiger partial charge in [0.1, 0.15) is 0 Å². The molecule has 1 aliphatic heterocycles. The quantitative estimate of drug-likeness (QED) is 0.377. The second-order valence-corrected chi connectivity index (χ2v) is 6.62. The average Bonchev–Trinajstić information content (AvgIpc) is 2.75. The van der Waals surface area contributed by atoms with Crippen LogP contribution in [0.15, 0.2) is 24.3 Å². The highest BCUT2D eigenvalue weighted by Crippen LogP contribution is 2.30. The number of benzene rings is 1. The van der Waals surface area contributed by atoms with E-state index in [0.717, 1.165) is 4.90 Å². The van der Waals surface area contributed by atoms with Crippen LogP contribution in [0.25, 0.3) is 6.08 Å². The lowest BCUT2D eigenvalue weighted by atomic mass is 9.97. The topological polar surface area (TPSA) is 91.4 Å². The van der Waals surface area contributed by atoms with Crippen LogP contribution in [0.3, 0.4) is 0 Å². The molecule has 0 radical (unpaired) electrons. The minimum atomic E-state index is -4.60. The Labute approximate surface area is 176 Å². The molecule has 1 aromatic rings. The predicted octanol–water partition coefficient (Wildman–Crippen LogP) is 3.20. The lowest BCUT2D eigenvalue weighted by molar-refractivity contribution is -0.162. The number of carbonyl (C=O) groups is 3. The van der Waals surface area contributed by atoms with Crippen molar-refractivity contribution in [1.82, 2.24) is 4.90 Å². The molecule has 1 heterocycles. The van der Waals surface area contributed by atoms with Gasteiger partial charge in [0.25, 0.3) is 0 Å². The number of methoxy groups -OCH3 is 2. The molecule has 31 heavy (non-hydrogen) atoms. The Balaban J connectivity index is 1.92. The largest absolute Gasteiger partial charge is 0.493 e. The van der Waals surface area contributed by atoms with Crippen LogP contribution in [-0.4, -0.2) is 63.0 Å². The molecular weight excluding hydrogens is 423 g/mol. The molecule has 0 spiro atoms. The van der Waals surface area contributed by atoms with E-state index in [9.17, 15) is 27.6 Å². The summed E-state index contributed by atoms with van der Waals surface area (Å²) in [5.74, 6) is -1.15. The lowest BCUT2D eigenvalue weighted by Crippen LogP contribution is -2.42. The predicted molar refractivity (Wildman–Crippen MR) is 101 cm³/mol. The van der Waals surface area contributed by atoms with Crippen molar-refractivity contribution >= 4 is 24.1 Å². The molecule has 0 aromatic heterocycles. The van der Waals surface area contributed by atoms with Crippen LogP contribution >= 0.6 is 0 Å². The first kappa shape index (κ1) is 24.0. The van der Waals surface area contributed by atoms with Crippen molar-refractivity contribution < 1.29 is 46.5 Å². The Hall–Kier alpha value is -3.24. The normalized spacial score (nSPS) is 14.9. The van der Waals surface area contributed by atoms with Gasteiger partial charge in [-0.05, 0) is 36.6 Å². The number of halogens is 3. The third-order valence-electron chi connectivity index (χ3n) is 4.46. The average molecular weight is 445 g/mol. The molecule has 1 saturated heterocycles. The van der Waals surface area contributed by atoms with Crippen molar-refractivity contribution in [1.29, 1.82) is 0 Å². The Morgan fingerprint density at radius 1 is 1.13 bits per heavy atom. The molecule has 2 rings (SSSR count). The van der Waals surface area contributed by atoms with E-state index in [0.29, 0.717) is 5.56 Å². The lowest BCUT2D eigenvalue weighted by Gasteiger charge is -2.30. The van der Waals surface area contributed by atoms with Gasteiger partial charge in [0.05, 0.1) is 20.1 Å². The Morgan fingerprint density at radius 3 is 2.39 bits per heavy atom.